The second-order valence-electron chi connectivity index (χ2n) is 4.08. The summed E-state index contributed by atoms with van der Waals surface area (Å²) in [5, 5.41) is 3.39. The van der Waals surface area contributed by atoms with Crippen molar-refractivity contribution in [2.45, 2.75) is 25.8 Å². The molecule has 0 saturated heterocycles. The van der Waals surface area contributed by atoms with E-state index in [0.717, 1.165) is 22.6 Å². The first-order valence-electron chi connectivity index (χ1n) is 5.31. The maximum atomic E-state index is 5.29. The van der Waals surface area contributed by atoms with Gasteiger partial charge in [0.2, 0.25) is 0 Å². The average molecular weight is 203 g/mol. The fraction of sp³-hybridized carbons (Fsp3) is 0.385. The van der Waals surface area contributed by atoms with Crippen LogP contribution in [0, 0.1) is 6.92 Å². The molecule has 0 atom stereocenters. The third-order valence-electron chi connectivity index (χ3n) is 2.71. The molecule has 0 heterocycles. The molecule has 15 heavy (non-hydrogen) atoms. The molecule has 1 aromatic carbocycles. The molecule has 0 amide bonds. The van der Waals surface area contributed by atoms with E-state index in [2.05, 4.69) is 24.0 Å². The van der Waals surface area contributed by atoms with Gasteiger partial charge in [0.1, 0.15) is 5.75 Å². The van der Waals surface area contributed by atoms with Crippen molar-refractivity contribution in [1.82, 2.24) is 5.32 Å². The minimum Gasteiger partial charge on any atom is -0.496 e. The van der Waals surface area contributed by atoms with Gasteiger partial charge in [-0.05, 0) is 31.4 Å². The van der Waals surface area contributed by atoms with E-state index in [4.69, 9.17) is 4.74 Å². The predicted octanol–water partition coefficient (Wildman–Crippen LogP) is 2.73. The van der Waals surface area contributed by atoms with Gasteiger partial charge in [-0.15, -0.1) is 0 Å². The number of rotatable bonds is 4. The number of ether oxygens (including phenoxy) is 1. The van der Waals surface area contributed by atoms with E-state index in [-0.39, 0.29) is 0 Å². The molecule has 0 bridgehead atoms. The zero-order chi connectivity index (χ0) is 10.8. The maximum absolute atomic E-state index is 5.29. The number of nitrogens with one attached hydrogen (secondary N) is 1. The predicted molar refractivity (Wildman–Crippen MR) is 62.9 cm³/mol. The summed E-state index contributed by atoms with van der Waals surface area (Å²) in [6, 6.07) is 6.82. The minimum atomic E-state index is 0.643. The first-order valence-corrected chi connectivity index (χ1v) is 5.31. The Morgan fingerprint density at radius 3 is 2.80 bits per heavy atom. The van der Waals surface area contributed by atoms with Crippen molar-refractivity contribution in [2.24, 2.45) is 0 Å². The summed E-state index contributed by atoms with van der Waals surface area (Å²) in [7, 11) is 1.70. The lowest BCUT2D eigenvalue weighted by atomic mass is 10.1. The molecule has 2 rings (SSSR count). The zero-order valence-electron chi connectivity index (χ0n) is 9.34. The van der Waals surface area contributed by atoms with E-state index in [1.54, 1.807) is 7.11 Å². The summed E-state index contributed by atoms with van der Waals surface area (Å²) in [4.78, 5) is 0. The van der Waals surface area contributed by atoms with Crippen molar-refractivity contribution >= 4 is 5.70 Å². The highest BCUT2D eigenvalue weighted by atomic mass is 16.5. The smallest absolute Gasteiger partial charge is 0.122 e. The number of hydrogen-bond acceptors (Lipinski definition) is 2. The van der Waals surface area contributed by atoms with Crippen LogP contribution in [-0.2, 0) is 0 Å². The highest BCUT2D eigenvalue weighted by molar-refractivity contribution is 5.64. The van der Waals surface area contributed by atoms with E-state index in [1.807, 2.05) is 13.0 Å². The Kier molecular flexibility index (Phi) is 2.67. The van der Waals surface area contributed by atoms with Crippen molar-refractivity contribution in [1.29, 1.82) is 0 Å². The summed E-state index contributed by atoms with van der Waals surface area (Å²) in [5.74, 6) is 0.922. The Morgan fingerprint density at radius 2 is 2.20 bits per heavy atom. The first kappa shape index (κ1) is 10.1. The van der Waals surface area contributed by atoms with E-state index in [1.165, 1.54) is 12.8 Å². The molecule has 0 aliphatic heterocycles. The van der Waals surface area contributed by atoms with Crippen molar-refractivity contribution in [3.63, 3.8) is 0 Å². The van der Waals surface area contributed by atoms with Crippen LogP contribution in [0.2, 0.25) is 0 Å². The number of aryl methyl sites for hydroxylation is 1. The number of benzene rings is 1. The normalized spacial score (nSPS) is 14.8. The maximum Gasteiger partial charge on any atom is 0.122 e. The van der Waals surface area contributed by atoms with E-state index in [9.17, 15) is 0 Å². The lowest BCUT2D eigenvalue weighted by Crippen LogP contribution is -2.13. The third kappa shape index (κ3) is 2.32. The molecule has 0 radical (unpaired) electrons. The molecule has 0 unspecified atom stereocenters. The lowest BCUT2D eigenvalue weighted by molar-refractivity contribution is 0.411. The van der Waals surface area contributed by atoms with Gasteiger partial charge in [-0.25, -0.2) is 0 Å². The van der Waals surface area contributed by atoms with Crippen LogP contribution in [0.5, 0.6) is 5.75 Å². The Balaban J connectivity index is 2.16. The molecule has 80 valence electrons. The molecule has 1 saturated carbocycles. The Bertz CT molecular complexity index is 380. The van der Waals surface area contributed by atoms with Crippen LogP contribution >= 0.6 is 0 Å². The highest BCUT2D eigenvalue weighted by Gasteiger charge is 2.21. The van der Waals surface area contributed by atoms with Crippen LogP contribution in [-0.4, -0.2) is 13.2 Å². The fourth-order valence-electron chi connectivity index (χ4n) is 1.57. The van der Waals surface area contributed by atoms with Crippen molar-refractivity contribution in [3.8, 4) is 5.75 Å². The van der Waals surface area contributed by atoms with Crippen LogP contribution in [0.4, 0.5) is 0 Å². The molecule has 2 nitrogen and oxygen atoms in total. The van der Waals surface area contributed by atoms with Crippen molar-refractivity contribution < 1.29 is 4.74 Å². The van der Waals surface area contributed by atoms with Crippen molar-refractivity contribution in [2.75, 3.05) is 7.11 Å². The molecule has 1 aromatic rings. The van der Waals surface area contributed by atoms with Gasteiger partial charge < -0.3 is 10.1 Å². The molecule has 1 fully saturated rings. The van der Waals surface area contributed by atoms with Gasteiger partial charge >= 0.3 is 0 Å². The molecule has 1 aliphatic carbocycles. The quantitative estimate of drug-likeness (QED) is 0.812. The van der Waals surface area contributed by atoms with E-state index < -0.39 is 0 Å². The SMILES string of the molecule is C=C(NC1CC1)c1ccc(C)c(OC)c1. The first-order chi connectivity index (χ1) is 7.20. The molecule has 1 N–H and O–H groups in total. The largest absolute Gasteiger partial charge is 0.496 e. The van der Waals surface area contributed by atoms with Crippen LogP contribution < -0.4 is 10.1 Å². The van der Waals surface area contributed by atoms with Gasteiger partial charge in [0.15, 0.2) is 0 Å². The summed E-state index contributed by atoms with van der Waals surface area (Å²) in [6.07, 6.45) is 2.53. The second kappa shape index (κ2) is 3.97. The molecule has 2 heteroatoms. The molecule has 0 aromatic heterocycles. The van der Waals surface area contributed by atoms with Gasteiger partial charge in [0.05, 0.1) is 7.11 Å². The summed E-state index contributed by atoms with van der Waals surface area (Å²) in [6.45, 7) is 6.08. The van der Waals surface area contributed by atoms with Gasteiger partial charge in [0.25, 0.3) is 0 Å². The summed E-state index contributed by atoms with van der Waals surface area (Å²) < 4.78 is 5.29. The van der Waals surface area contributed by atoms with Gasteiger partial charge in [0, 0.05) is 17.3 Å². The Labute approximate surface area is 91.0 Å². The molecular weight excluding hydrogens is 186 g/mol. The summed E-state index contributed by atoms with van der Waals surface area (Å²) in [5.41, 5.74) is 3.26. The standard InChI is InChI=1S/C13H17NO/c1-9-4-5-11(8-13(9)15-3)10(2)14-12-6-7-12/h4-5,8,12,14H,2,6-7H2,1,3H3. The molecular formula is C13H17NO. The molecule has 1 aliphatic rings. The Morgan fingerprint density at radius 1 is 1.47 bits per heavy atom. The molecule has 0 spiro atoms. The van der Waals surface area contributed by atoms with Crippen LogP contribution in [0.1, 0.15) is 24.0 Å². The second-order valence-corrected chi connectivity index (χ2v) is 4.08. The van der Waals surface area contributed by atoms with Crippen molar-refractivity contribution in [3.05, 3.63) is 35.9 Å². The van der Waals surface area contributed by atoms with Gasteiger partial charge in [-0.1, -0.05) is 18.7 Å². The lowest BCUT2D eigenvalue weighted by Gasteiger charge is -2.11. The highest BCUT2D eigenvalue weighted by Crippen LogP contribution is 2.26. The van der Waals surface area contributed by atoms with Crippen LogP contribution in [0.3, 0.4) is 0 Å². The zero-order valence-corrected chi connectivity index (χ0v) is 9.34. The van der Waals surface area contributed by atoms with Gasteiger partial charge in [-0.3, -0.25) is 0 Å². The van der Waals surface area contributed by atoms with Gasteiger partial charge in [-0.2, -0.15) is 0 Å². The third-order valence-corrected chi connectivity index (χ3v) is 2.71. The van der Waals surface area contributed by atoms with E-state index in [0.29, 0.717) is 6.04 Å². The number of methoxy groups -OCH3 is 1. The summed E-state index contributed by atoms with van der Waals surface area (Å²) >= 11 is 0. The van der Waals surface area contributed by atoms with Crippen LogP contribution in [0.15, 0.2) is 24.8 Å². The van der Waals surface area contributed by atoms with E-state index >= 15 is 0 Å². The topological polar surface area (TPSA) is 21.3 Å². The van der Waals surface area contributed by atoms with Crippen LogP contribution in [0.25, 0.3) is 5.70 Å². The fourth-order valence-corrected chi connectivity index (χ4v) is 1.57. The number of hydrogen-bond donors (Lipinski definition) is 1. The Hall–Kier alpha value is -1.44. The average Bonchev–Trinajstić information content (AvgIpc) is 3.02. The monoisotopic (exact) mass is 203 g/mol. The minimum absolute atomic E-state index is 0.643.